The van der Waals surface area contributed by atoms with E-state index < -0.39 is 6.43 Å². The second kappa shape index (κ2) is 7.45. The molecule has 1 unspecified atom stereocenters. The maximum Gasteiger partial charge on any atom is 0.251 e. The van der Waals surface area contributed by atoms with E-state index in [0.29, 0.717) is 12.1 Å². The summed E-state index contributed by atoms with van der Waals surface area (Å²) < 4.78 is 24.3. The number of rotatable bonds is 6. The van der Waals surface area contributed by atoms with Crippen LogP contribution in [0.1, 0.15) is 19.8 Å². The molecule has 1 aliphatic rings. The number of alkyl halides is 2. The summed E-state index contributed by atoms with van der Waals surface area (Å²) in [6.45, 7) is 3.72. The van der Waals surface area contributed by atoms with Crippen LogP contribution in [-0.4, -0.2) is 55.1 Å². The summed E-state index contributed by atoms with van der Waals surface area (Å²) in [7, 11) is 0. The largest absolute Gasteiger partial charge is 0.311 e. The van der Waals surface area contributed by atoms with Gasteiger partial charge >= 0.3 is 0 Å². The van der Waals surface area contributed by atoms with Gasteiger partial charge in [-0.05, 0) is 39.1 Å². The topological polar surface area (TPSA) is 15.3 Å². The van der Waals surface area contributed by atoms with Crippen LogP contribution in [0.3, 0.4) is 0 Å². The zero-order chi connectivity index (χ0) is 12.0. The summed E-state index contributed by atoms with van der Waals surface area (Å²) in [5, 5.41) is 3.56. The van der Waals surface area contributed by atoms with Gasteiger partial charge in [0.05, 0.1) is 6.54 Å². The van der Waals surface area contributed by atoms with Crippen molar-refractivity contribution in [3.63, 3.8) is 0 Å². The number of likely N-dealkylation sites (tertiary alicyclic amines) is 1. The van der Waals surface area contributed by atoms with Gasteiger partial charge in [0.15, 0.2) is 0 Å². The minimum atomic E-state index is -2.19. The summed E-state index contributed by atoms with van der Waals surface area (Å²) >= 11 is 1.84. The minimum Gasteiger partial charge on any atom is -0.311 e. The first-order valence-electron chi connectivity index (χ1n) is 5.87. The summed E-state index contributed by atoms with van der Waals surface area (Å²) in [5.74, 6) is 1.11. The van der Waals surface area contributed by atoms with E-state index in [4.69, 9.17) is 0 Å². The lowest BCUT2D eigenvalue weighted by Gasteiger charge is -2.33. The molecule has 5 heteroatoms. The van der Waals surface area contributed by atoms with Crippen molar-refractivity contribution in [2.45, 2.75) is 38.3 Å². The predicted octanol–water partition coefficient (Wildman–Crippen LogP) is 2.06. The Morgan fingerprint density at radius 2 is 2.00 bits per heavy atom. The molecular formula is C11H22F2N2S. The number of piperidine rings is 1. The van der Waals surface area contributed by atoms with Crippen molar-refractivity contribution < 1.29 is 8.78 Å². The van der Waals surface area contributed by atoms with E-state index in [9.17, 15) is 8.78 Å². The number of hydrogen-bond acceptors (Lipinski definition) is 3. The summed E-state index contributed by atoms with van der Waals surface area (Å²) in [4.78, 5) is 1.86. The molecule has 0 saturated carbocycles. The predicted molar refractivity (Wildman–Crippen MR) is 66.4 cm³/mol. The van der Waals surface area contributed by atoms with Gasteiger partial charge in [0.1, 0.15) is 0 Å². The van der Waals surface area contributed by atoms with Gasteiger partial charge in [-0.25, -0.2) is 8.78 Å². The SMILES string of the molecule is CSCC(C)NC1CCN(CC(F)F)CC1. The van der Waals surface area contributed by atoms with E-state index in [0.717, 1.165) is 31.7 Å². The number of thioether (sulfide) groups is 1. The molecule has 2 nitrogen and oxygen atoms in total. The summed E-state index contributed by atoms with van der Waals surface area (Å²) in [6.07, 6.45) is 1.89. The number of nitrogens with zero attached hydrogens (tertiary/aromatic N) is 1. The van der Waals surface area contributed by atoms with Crippen molar-refractivity contribution in [1.82, 2.24) is 10.2 Å². The van der Waals surface area contributed by atoms with Gasteiger partial charge in [-0.1, -0.05) is 0 Å². The van der Waals surface area contributed by atoms with Gasteiger partial charge in [0.25, 0.3) is 6.43 Å². The van der Waals surface area contributed by atoms with Crippen LogP contribution in [0.2, 0.25) is 0 Å². The summed E-state index contributed by atoms with van der Waals surface area (Å²) in [6, 6.07) is 1.03. The molecule has 1 aliphatic heterocycles. The average Bonchev–Trinajstić information content (AvgIpc) is 2.20. The lowest BCUT2D eigenvalue weighted by Crippen LogP contribution is -2.47. The normalized spacial score (nSPS) is 21.6. The molecule has 0 aliphatic carbocycles. The zero-order valence-electron chi connectivity index (χ0n) is 10.1. The third-order valence-electron chi connectivity index (χ3n) is 2.92. The Labute approximate surface area is 101 Å². The molecule has 1 saturated heterocycles. The molecule has 0 aromatic heterocycles. The molecular weight excluding hydrogens is 230 g/mol. The Hall–Kier alpha value is 0.130. The Morgan fingerprint density at radius 1 is 1.38 bits per heavy atom. The van der Waals surface area contributed by atoms with Crippen LogP contribution in [-0.2, 0) is 0 Å². The molecule has 0 spiro atoms. The molecule has 96 valence electrons. The number of halogens is 2. The Morgan fingerprint density at radius 3 is 2.50 bits per heavy atom. The van der Waals surface area contributed by atoms with Crippen molar-refractivity contribution in [2.75, 3.05) is 31.6 Å². The highest BCUT2D eigenvalue weighted by Gasteiger charge is 2.21. The van der Waals surface area contributed by atoms with Crippen LogP contribution in [0.15, 0.2) is 0 Å². The van der Waals surface area contributed by atoms with Crippen LogP contribution >= 0.6 is 11.8 Å². The van der Waals surface area contributed by atoms with Crippen molar-refractivity contribution >= 4 is 11.8 Å². The van der Waals surface area contributed by atoms with Crippen molar-refractivity contribution in [1.29, 1.82) is 0 Å². The molecule has 16 heavy (non-hydrogen) atoms. The van der Waals surface area contributed by atoms with Crippen LogP contribution in [0, 0.1) is 0 Å². The van der Waals surface area contributed by atoms with Crippen LogP contribution in [0.4, 0.5) is 8.78 Å². The van der Waals surface area contributed by atoms with Gasteiger partial charge in [0.2, 0.25) is 0 Å². The second-order valence-corrected chi connectivity index (χ2v) is 5.40. The maximum absolute atomic E-state index is 12.2. The number of nitrogens with one attached hydrogen (secondary N) is 1. The van der Waals surface area contributed by atoms with E-state index in [1.54, 1.807) is 0 Å². The highest BCUT2D eigenvalue weighted by molar-refractivity contribution is 7.98. The Balaban J connectivity index is 2.16. The number of hydrogen-bond donors (Lipinski definition) is 1. The molecule has 0 amide bonds. The Kier molecular flexibility index (Phi) is 6.61. The third kappa shape index (κ3) is 5.46. The fourth-order valence-electron chi connectivity index (χ4n) is 2.18. The lowest BCUT2D eigenvalue weighted by molar-refractivity contribution is 0.0724. The van der Waals surface area contributed by atoms with Crippen molar-refractivity contribution in [3.8, 4) is 0 Å². The first-order valence-corrected chi connectivity index (χ1v) is 7.26. The molecule has 1 N–H and O–H groups in total. The van der Waals surface area contributed by atoms with Crippen molar-refractivity contribution in [2.24, 2.45) is 0 Å². The van der Waals surface area contributed by atoms with Gasteiger partial charge < -0.3 is 5.32 Å². The smallest absolute Gasteiger partial charge is 0.251 e. The molecule has 1 fully saturated rings. The first kappa shape index (κ1) is 14.2. The molecule has 0 aromatic rings. The van der Waals surface area contributed by atoms with E-state index in [1.165, 1.54) is 0 Å². The fraction of sp³-hybridized carbons (Fsp3) is 1.00. The Bertz CT molecular complexity index is 185. The minimum absolute atomic E-state index is 0.0624. The molecule has 0 radical (unpaired) electrons. The van der Waals surface area contributed by atoms with Gasteiger partial charge in [-0.3, -0.25) is 4.90 Å². The lowest BCUT2D eigenvalue weighted by atomic mass is 10.0. The van der Waals surface area contributed by atoms with Crippen molar-refractivity contribution in [3.05, 3.63) is 0 Å². The summed E-state index contributed by atoms with van der Waals surface area (Å²) in [5.41, 5.74) is 0. The van der Waals surface area contributed by atoms with Gasteiger partial charge in [0, 0.05) is 17.8 Å². The quantitative estimate of drug-likeness (QED) is 0.779. The average molecular weight is 252 g/mol. The second-order valence-electron chi connectivity index (χ2n) is 4.49. The monoisotopic (exact) mass is 252 g/mol. The molecule has 0 aromatic carbocycles. The van der Waals surface area contributed by atoms with Gasteiger partial charge in [-0.2, -0.15) is 11.8 Å². The molecule has 1 heterocycles. The fourth-order valence-corrected chi connectivity index (χ4v) is 2.77. The molecule has 1 atom stereocenters. The standard InChI is InChI=1S/C11H22F2N2S/c1-9(8-16-2)14-10-3-5-15(6-4-10)7-11(12)13/h9-11,14H,3-8H2,1-2H3. The first-order chi connectivity index (χ1) is 7.61. The maximum atomic E-state index is 12.2. The van der Waals surface area contributed by atoms with Crippen LogP contribution < -0.4 is 5.32 Å². The van der Waals surface area contributed by atoms with Gasteiger partial charge in [-0.15, -0.1) is 0 Å². The highest BCUT2D eigenvalue weighted by Crippen LogP contribution is 2.13. The third-order valence-corrected chi connectivity index (χ3v) is 3.75. The zero-order valence-corrected chi connectivity index (χ0v) is 10.9. The van der Waals surface area contributed by atoms with E-state index in [-0.39, 0.29) is 6.54 Å². The van der Waals surface area contributed by atoms with Crippen LogP contribution in [0.5, 0.6) is 0 Å². The van der Waals surface area contributed by atoms with E-state index >= 15 is 0 Å². The highest BCUT2D eigenvalue weighted by atomic mass is 32.2. The molecule has 1 rings (SSSR count). The van der Waals surface area contributed by atoms with E-state index in [1.807, 2.05) is 16.7 Å². The van der Waals surface area contributed by atoms with E-state index in [2.05, 4.69) is 18.5 Å². The molecule has 0 bridgehead atoms. The van der Waals surface area contributed by atoms with Crippen LogP contribution in [0.25, 0.3) is 0 Å².